The molecule has 0 saturated carbocycles. The van der Waals surface area contributed by atoms with E-state index in [1.807, 2.05) is 0 Å². The lowest BCUT2D eigenvalue weighted by molar-refractivity contribution is 0.102. The van der Waals surface area contributed by atoms with E-state index >= 15 is 0 Å². The lowest BCUT2D eigenvalue weighted by Gasteiger charge is -2.09. The number of nitrogens with one attached hydrogen (secondary N) is 2. The van der Waals surface area contributed by atoms with Crippen LogP contribution in [0.25, 0.3) is 11.1 Å². The number of sulfonamides is 1. The van der Waals surface area contributed by atoms with Crippen molar-refractivity contribution in [3.8, 4) is 0 Å². The van der Waals surface area contributed by atoms with Crippen molar-refractivity contribution < 1.29 is 17.6 Å². The first-order valence-corrected chi connectivity index (χ1v) is 10.7. The summed E-state index contributed by atoms with van der Waals surface area (Å²) < 4.78 is 32.9. The summed E-state index contributed by atoms with van der Waals surface area (Å²) in [7, 11) is -3.79. The van der Waals surface area contributed by atoms with Gasteiger partial charge in [0.1, 0.15) is 5.52 Å². The first-order valence-electron chi connectivity index (χ1n) is 8.87. The molecule has 0 spiro atoms. The molecule has 0 saturated heterocycles. The van der Waals surface area contributed by atoms with Crippen LogP contribution < -0.4 is 10.0 Å². The number of amides is 1. The third kappa shape index (κ3) is 4.29. The van der Waals surface area contributed by atoms with Crippen LogP contribution in [-0.2, 0) is 10.0 Å². The fraction of sp³-hybridized carbons (Fsp3) is 0.0476. The number of benzene rings is 3. The summed E-state index contributed by atoms with van der Waals surface area (Å²) >= 11 is 5.81. The highest BCUT2D eigenvalue weighted by Gasteiger charge is 2.16. The number of oxazole rings is 1. The number of hydrogen-bond acceptors (Lipinski definition) is 5. The summed E-state index contributed by atoms with van der Waals surface area (Å²) in [6, 6.07) is 17.1. The number of carbonyl (C=O) groups excluding carboxylic acids is 1. The van der Waals surface area contributed by atoms with Gasteiger partial charge in [0.15, 0.2) is 11.5 Å². The molecule has 9 heteroatoms. The van der Waals surface area contributed by atoms with Crippen LogP contribution in [0, 0.1) is 6.92 Å². The SMILES string of the molecule is Cc1nc2cc(NC(=O)c3ccc(S(=O)(=O)Nc4ccc(Cl)cc4)cc3)ccc2o1. The molecule has 1 amide bonds. The number of nitrogens with zero attached hydrogens (tertiary/aromatic N) is 1. The molecular weight excluding hydrogens is 426 g/mol. The van der Waals surface area contributed by atoms with Gasteiger partial charge < -0.3 is 9.73 Å². The van der Waals surface area contributed by atoms with Gasteiger partial charge in [0.05, 0.1) is 4.90 Å². The maximum Gasteiger partial charge on any atom is 0.261 e. The minimum Gasteiger partial charge on any atom is -0.441 e. The summed E-state index contributed by atoms with van der Waals surface area (Å²) in [5, 5.41) is 3.27. The normalized spacial score (nSPS) is 11.4. The third-order valence-corrected chi connectivity index (χ3v) is 5.92. The molecule has 0 aliphatic rings. The zero-order valence-corrected chi connectivity index (χ0v) is 17.3. The molecule has 0 unspecified atom stereocenters. The van der Waals surface area contributed by atoms with E-state index in [9.17, 15) is 13.2 Å². The lowest BCUT2D eigenvalue weighted by Crippen LogP contribution is -2.14. The molecule has 1 aromatic heterocycles. The van der Waals surface area contributed by atoms with Gasteiger partial charge in [0.25, 0.3) is 15.9 Å². The molecule has 0 fully saturated rings. The van der Waals surface area contributed by atoms with Gasteiger partial charge in [-0.1, -0.05) is 11.6 Å². The first-order chi connectivity index (χ1) is 14.3. The van der Waals surface area contributed by atoms with E-state index in [1.165, 1.54) is 24.3 Å². The number of anilines is 2. The van der Waals surface area contributed by atoms with Crippen LogP contribution in [0.5, 0.6) is 0 Å². The third-order valence-electron chi connectivity index (χ3n) is 4.28. The summed E-state index contributed by atoms with van der Waals surface area (Å²) in [4.78, 5) is 16.8. The largest absolute Gasteiger partial charge is 0.441 e. The van der Waals surface area contributed by atoms with Gasteiger partial charge in [0, 0.05) is 28.9 Å². The van der Waals surface area contributed by atoms with Gasteiger partial charge in [-0.25, -0.2) is 13.4 Å². The zero-order valence-electron chi connectivity index (χ0n) is 15.7. The van der Waals surface area contributed by atoms with Crippen molar-refractivity contribution in [2.45, 2.75) is 11.8 Å². The van der Waals surface area contributed by atoms with Crippen molar-refractivity contribution in [3.63, 3.8) is 0 Å². The predicted molar refractivity (Wildman–Crippen MR) is 115 cm³/mol. The molecule has 2 N–H and O–H groups in total. The van der Waals surface area contributed by atoms with Gasteiger partial charge >= 0.3 is 0 Å². The van der Waals surface area contributed by atoms with Crippen LogP contribution in [0.1, 0.15) is 16.2 Å². The number of aromatic nitrogens is 1. The highest BCUT2D eigenvalue weighted by atomic mass is 35.5. The number of halogens is 1. The van der Waals surface area contributed by atoms with E-state index in [-0.39, 0.29) is 10.8 Å². The molecule has 0 aliphatic heterocycles. The molecule has 7 nitrogen and oxygen atoms in total. The lowest BCUT2D eigenvalue weighted by atomic mass is 10.2. The van der Waals surface area contributed by atoms with Gasteiger partial charge in [-0.2, -0.15) is 0 Å². The maximum atomic E-state index is 12.5. The Bertz CT molecular complexity index is 1330. The van der Waals surface area contributed by atoms with E-state index in [4.69, 9.17) is 16.0 Å². The van der Waals surface area contributed by atoms with Crippen LogP contribution >= 0.6 is 11.6 Å². The Hall–Kier alpha value is -3.36. The van der Waals surface area contributed by atoms with Gasteiger partial charge in [0.2, 0.25) is 0 Å². The zero-order chi connectivity index (χ0) is 21.3. The topological polar surface area (TPSA) is 101 Å². The van der Waals surface area contributed by atoms with E-state index in [1.54, 1.807) is 49.4 Å². The Morgan fingerprint density at radius 1 is 0.967 bits per heavy atom. The van der Waals surface area contributed by atoms with Crippen molar-refractivity contribution in [3.05, 3.63) is 83.2 Å². The number of fused-ring (bicyclic) bond motifs is 1. The average molecular weight is 442 g/mol. The van der Waals surface area contributed by atoms with E-state index < -0.39 is 10.0 Å². The second-order valence-electron chi connectivity index (χ2n) is 6.51. The summed E-state index contributed by atoms with van der Waals surface area (Å²) in [5.41, 5.74) is 2.53. The minimum absolute atomic E-state index is 0.0356. The molecular formula is C21H16ClN3O4S. The number of rotatable bonds is 5. The summed E-state index contributed by atoms with van der Waals surface area (Å²) in [6.07, 6.45) is 0. The van der Waals surface area contributed by atoms with Crippen molar-refractivity contribution in [2.24, 2.45) is 0 Å². The van der Waals surface area contributed by atoms with Crippen LogP contribution in [-0.4, -0.2) is 19.3 Å². The van der Waals surface area contributed by atoms with E-state index in [0.717, 1.165) is 0 Å². The van der Waals surface area contributed by atoms with Crippen LogP contribution in [0.15, 0.2) is 76.0 Å². The quantitative estimate of drug-likeness (QED) is 0.461. The first kappa shape index (κ1) is 19.9. The molecule has 0 atom stereocenters. The van der Waals surface area contributed by atoms with Crippen molar-refractivity contribution in [1.82, 2.24) is 4.98 Å². The highest BCUT2D eigenvalue weighted by Crippen LogP contribution is 2.21. The Morgan fingerprint density at radius 2 is 1.63 bits per heavy atom. The molecule has 152 valence electrons. The maximum absolute atomic E-state index is 12.5. The standard InChI is InChI=1S/C21H16ClN3O4S/c1-13-23-19-12-17(8-11-20(19)29-13)24-21(26)14-2-9-18(10-3-14)30(27,28)25-16-6-4-15(22)5-7-16/h2-12,25H,1H3,(H,24,26). The number of aryl methyl sites for hydroxylation is 1. The molecule has 1 heterocycles. The summed E-state index contributed by atoms with van der Waals surface area (Å²) in [5.74, 6) is 0.168. The van der Waals surface area contributed by atoms with Crippen LogP contribution in [0.2, 0.25) is 5.02 Å². The van der Waals surface area contributed by atoms with Gasteiger partial charge in [-0.3, -0.25) is 9.52 Å². The smallest absolute Gasteiger partial charge is 0.261 e. The predicted octanol–water partition coefficient (Wildman–Crippen LogP) is 4.84. The Kier molecular flexibility index (Phi) is 5.19. The molecule has 30 heavy (non-hydrogen) atoms. The van der Waals surface area contributed by atoms with Crippen molar-refractivity contribution in [1.29, 1.82) is 0 Å². The molecule has 4 rings (SSSR count). The van der Waals surface area contributed by atoms with E-state index in [2.05, 4.69) is 15.0 Å². The van der Waals surface area contributed by atoms with Crippen molar-refractivity contribution >= 4 is 50.0 Å². The molecule has 0 bridgehead atoms. The number of carbonyl (C=O) groups is 1. The minimum atomic E-state index is -3.79. The van der Waals surface area contributed by atoms with Crippen molar-refractivity contribution in [2.75, 3.05) is 10.0 Å². The van der Waals surface area contributed by atoms with Crippen LogP contribution in [0.3, 0.4) is 0 Å². The molecule has 4 aromatic rings. The number of hydrogen-bond donors (Lipinski definition) is 2. The fourth-order valence-corrected chi connectivity index (χ4v) is 4.03. The second-order valence-corrected chi connectivity index (χ2v) is 8.63. The Balaban J connectivity index is 1.48. The van der Waals surface area contributed by atoms with Crippen LogP contribution in [0.4, 0.5) is 11.4 Å². The molecule has 0 radical (unpaired) electrons. The van der Waals surface area contributed by atoms with E-state index in [0.29, 0.717) is 39.0 Å². The Labute approximate surface area is 177 Å². The fourth-order valence-electron chi connectivity index (χ4n) is 2.84. The van der Waals surface area contributed by atoms with Gasteiger partial charge in [-0.05, 0) is 66.7 Å². The molecule has 3 aromatic carbocycles. The molecule has 0 aliphatic carbocycles. The van der Waals surface area contributed by atoms with Gasteiger partial charge in [-0.15, -0.1) is 0 Å². The highest BCUT2D eigenvalue weighted by molar-refractivity contribution is 7.92. The summed E-state index contributed by atoms with van der Waals surface area (Å²) in [6.45, 7) is 1.75. The second kappa shape index (κ2) is 7.81. The monoisotopic (exact) mass is 441 g/mol. The Morgan fingerprint density at radius 3 is 2.33 bits per heavy atom. The average Bonchev–Trinajstić information content (AvgIpc) is 3.09.